The van der Waals surface area contributed by atoms with E-state index in [1.165, 1.54) is 12.2 Å². The van der Waals surface area contributed by atoms with E-state index < -0.39 is 21.9 Å². The Labute approximate surface area is 142 Å². The van der Waals surface area contributed by atoms with E-state index in [0.717, 1.165) is 0 Å². The lowest BCUT2D eigenvalue weighted by Crippen LogP contribution is -2.25. The fraction of sp³-hybridized carbons (Fsp3) is 0.250. The molecule has 0 aliphatic rings. The minimum atomic E-state index is -1.06. The van der Waals surface area contributed by atoms with Crippen LogP contribution >= 0.6 is 0 Å². The van der Waals surface area contributed by atoms with Crippen molar-refractivity contribution in [2.45, 2.75) is 13.8 Å². The van der Waals surface area contributed by atoms with Crippen LogP contribution in [-0.4, -0.2) is 28.1 Å². The van der Waals surface area contributed by atoms with Gasteiger partial charge in [-0.1, -0.05) is 0 Å². The van der Waals surface area contributed by atoms with Gasteiger partial charge >= 0.3 is 16.9 Å². The van der Waals surface area contributed by atoms with Crippen LogP contribution in [0.15, 0.2) is 27.8 Å². The maximum Gasteiger partial charge on any atom is 0.357 e. The molecule has 0 atom stereocenters. The summed E-state index contributed by atoms with van der Waals surface area (Å²) in [7, 11) is 0. The van der Waals surface area contributed by atoms with Crippen LogP contribution in [0.5, 0.6) is 11.5 Å². The lowest BCUT2D eigenvalue weighted by Gasteiger charge is -2.10. The van der Waals surface area contributed by atoms with E-state index in [9.17, 15) is 19.7 Å². The Kier molecular flexibility index (Phi) is 5.72. The van der Waals surface area contributed by atoms with Gasteiger partial charge in [-0.15, -0.1) is 0 Å². The third-order valence-corrected chi connectivity index (χ3v) is 3.15. The second-order valence-electron chi connectivity index (χ2n) is 4.83. The van der Waals surface area contributed by atoms with E-state index in [2.05, 4.69) is 4.98 Å². The molecule has 0 amide bonds. The molecule has 0 radical (unpaired) electrons. The summed E-state index contributed by atoms with van der Waals surface area (Å²) in [6.45, 7) is 4.59. The van der Waals surface area contributed by atoms with Crippen molar-refractivity contribution in [2.24, 2.45) is 0 Å². The number of nitro groups is 1. The smallest absolute Gasteiger partial charge is 0.357 e. The van der Waals surface area contributed by atoms with E-state index in [1.807, 2.05) is 18.8 Å². The first-order chi connectivity index (χ1) is 12.0. The molecule has 0 saturated heterocycles. The Bertz CT molecular complexity index is 913. The average molecular weight is 347 g/mol. The zero-order valence-corrected chi connectivity index (χ0v) is 13.7. The molecule has 25 heavy (non-hydrogen) atoms. The van der Waals surface area contributed by atoms with Gasteiger partial charge in [0.2, 0.25) is 0 Å². The molecular weight excluding hydrogens is 330 g/mol. The number of hydrogen-bond donors (Lipinski definition) is 2. The number of ether oxygens (including phenoxy) is 2. The maximum absolute atomic E-state index is 11.6. The topological polar surface area (TPSA) is 127 Å². The summed E-state index contributed by atoms with van der Waals surface area (Å²) in [4.78, 5) is 37.2. The highest BCUT2D eigenvalue weighted by Crippen LogP contribution is 2.27. The van der Waals surface area contributed by atoms with Crippen molar-refractivity contribution < 1.29 is 14.4 Å². The van der Waals surface area contributed by atoms with Crippen LogP contribution in [-0.2, 0) is 0 Å². The van der Waals surface area contributed by atoms with Crippen molar-refractivity contribution >= 4 is 17.8 Å². The molecule has 0 spiro atoms. The Balaban J connectivity index is 2.47. The van der Waals surface area contributed by atoms with Crippen LogP contribution in [0.25, 0.3) is 12.2 Å². The molecule has 1 heterocycles. The number of H-pyrrole nitrogens is 2. The molecule has 0 fully saturated rings. The lowest BCUT2D eigenvalue weighted by molar-refractivity contribution is -0.386. The second kappa shape index (κ2) is 7.95. The van der Waals surface area contributed by atoms with Crippen molar-refractivity contribution in [3.05, 3.63) is 60.4 Å². The Hall–Kier alpha value is -3.36. The molecule has 2 N–H and O–H groups in total. The summed E-state index contributed by atoms with van der Waals surface area (Å²) in [5, 5.41) is 11.0. The van der Waals surface area contributed by atoms with Gasteiger partial charge in [-0.25, -0.2) is 4.79 Å². The fourth-order valence-electron chi connectivity index (χ4n) is 2.16. The third-order valence-electron chi connectivity index (χ3n) is 3.15. The molecule has 9 nitrogen and oxygen atoms in total. The van der Waals surface area contributed by atoms with Gasteiger partial charge in [-0.3, -0.25) is 19.9 Å². The summed E-state index contributed by atoms with van der Waals surface area (Å²) in [5.41, 5.74) is -2.22. The normalized spacial score (nSPS) is 10.8. The quantitative estimate of drug-likeness (QED) is 0.582. The predicted octanol–water partition coefficient (Wildman–Crippen LogP) is 1.94. The summed E-state index contributed by atoms with van der Waals surface area (Å²) in [6.07, 6.45) is 2.80. The third kappa shape index (κ3) is 4.34. The highest BCUT2D eigenvalue weighted by atomic mass is 16.6. The number of benzene rings is 1. The summed E-state index contributed by atoms with van der Waals surface area (Å²) in [5.74, 6) is 1.14. The number of rotatable bonds is 7. The van der Waals surface area contributed by atoms with Gasteiger partial charge in [0.25, 0.3) is 0 Å². The Morgan fingerprint density at radius 1 is 1.12 bits per heavy atom. The monoisotopic (exact) mass is 347 g/mol. The van der Waals surface area contributed by atoms with Crippen LogP contribution in [0.1, 0.15) is 25.1 Å². The van der Waals surface area contributed by atoms with Gasteiger partial charge in [0.1, 0.15) is 17.2 Å². The van der Waals surface area contributed by atoms with Gasteiger partial charge in [0.15, 0.2) is 0 Å². The van der Waals surface area contributed by atoms with Crippen LogP contribution < -0.4 is 20.7 Å². The molecule has 2 rings (SSSR count). The van der Waals surface area contributed by atoms with E-state index in [1.54, 1.807) is 18.2 Å². The van der Waals surface area contributed by atoms with Gasteiger partial charge in [-0.2, -0.15) is 0 Å². The van der Waals surface area contributed by atoms with Gasteiger partial charge < -0.3 is 14.5 Å². The maximum atomic E-state index is 11.6. The highest BCUT2D eigenvalue weighted by molar-refractivity contribution is 5.74. The molecule has 0 unspecified atom stereocenters. The molecule has 0 bridgehead atoms. The molecule has 9 heteroatoms. The number of nitrogens with zero attached hydrogens (tertiary/aromatic N) is 1. The minimum absolute atomic E-state index is 0.199. The van der Waals surface area contributed by atoms with Crippen LogP contribution in [0.4, 0.5) is 5.69 Å². The molecule has 132 valence electrons. The zero-order valence-electron chi connectivity index (χ0n) is 13.7. The van der Waals surface area contributed by atoms with Crippen LogP contribution in [0.2, 0.25) is 0 Å². The van der Waals surface area contributed by atoms with Crippen molar-refractivity contribution in [3.63, 3.8) is 0 Å². The first-order valence-corrected chi connectivity index (χ1v) is 7.55. The van der Waals surface area contributed by atoms with Crippen LogP contribution in [0.3, 0.4) is 0 Å². The first-order valence-electron chi connectivity index (χ1n) is 7.55. The van der Waals surface area contributed by atoms with E-state index in [4.69, 9.17) is 9.47 Å². The minimum Gasteiger partial charge on any atom is -0.494 e. The molecule has 1 aromatic heterocycles. The van der Waals surface area contributed by atoms with Crippen molar-refractivity contribution in [2.75, 3.05) is 13.2 Å². The zero-order chi connectivity index (χ0) is 18.4. The van der Waals surface area contributed by atoms with Crippen molar-refractivity contribution in [3.8, 4) is 11.5 Å². The Morgan fingerprint density at radius 3 is 2.48 bits per heavy atom. The first kappa shape index (κ1) is 18.0. The van der Waals surface area contributed by atoms with Gasteiger partial charge in [0.05, 0.1) is 18.1 Å². The number of nitrogens with one attached hydrogen (secondary N) is 2. The van der Waals surface area contributed by atoms with Gasteiger partial charge in [-0.05, 0) is 38.1 Å². The highest BCUT2D eigenvalue weighted by Gasteiger charge is 2.18. The lowest BCUT2D eigenvalue weighted by atomic mass is 10.1. The second-order valence-corrected chi connectivity index (χ2v) is 4.83. The largest absolute Gasteiger partial charge is 0.494 e. The van der Waals surface area contributed by atoms with Gasteiger partial charge in [0, 0.05) is 11.6 Å². The molecule has 2 aromatic rings. The molecular formula is C16H17N3O6. The van der Waals surface area contributed by atoms with Crippen LogP contribution in [0, 0.1) is 10.1 Å². The number of aromatic amines is 2. The van der Waals surface area contributed by atoms with Crippen molar-refractivity contribution in [1.29, 1.82) is 0 Å². The SMILES string of the molecule is CCOc1ccc(C=Cc2[nH]c(=O)[nH]c(=O)c2[N+](=O)[O-])c(OCC)c1. The molecule has 0 saturated carbocycles. The van der Waals surface area contributed by atoms with E-state index in [0.29, 0.717) is 30.3 Å². The summed E-state index contributed by atoms with van der Waals surface area (Å²) < 4.78 is 10.9. The molecule has 1 aromatic carbocycles. The van der Waals surface area contributed by atoms with E-state index >= 15 is 0 Å². The number of hydrogen-bond acceptors (Lipinski definition) is 6. The Morgan fingerprint density at radius 2 is 1.84 bits per heavy atom. The van der Waals surface area contributed by atoms with Crippen molar-refractivity contribution in [1.82, 2.24) is 9.97 Å². The van der Waals surface area contributed by atoms with E-state index in [-0.39, 0.29) is 5.69 Å². The molecule has 0 aliphatic carbocycles. The standard InChI is InChI=1S/C16H17N3O6/c1-3-24-11-7-5-10(13(9-11)25-4-2)6-8-12-14(19(22)23)15(20)18-16(21)17-12/h5-9H,3-4H2,1-2H3,(H2,17,18,20,21). The fourth-order valence-corrected chi connectivity index (χ4v) is 2.16. The predicted molar refractivity (Wildman–Crippen MR) is 92.0 cm³/mol. The average Bonchev–Trinajstić information content (AvgIpc) is 2.53. The summed E-state index contributed by atoms with van der Waals surface area (Å²) in [6, 6.07) is 5.13. The molecule has 0 aliphatic heterocycles. The summed E-state index contributed by atoms with van der Waals surface area (Å²) >= 11 is 0. The number of aromatic nitrogens is 2.